The smallest absolute Gasteiger partial charge is 0.433 e. The molecular weight excluding hydrogens is 531 g/mol. The van der Waals surface area contributed by atoms with E-state index in [1.807, 2.05) is 32.7 Å². The van der Waals surface area contributed by atoms with Crippen molar-refractivity contribution < 1.29 is 26.7 Å². The SMILES string of the molecule is CC1CN(C(C)C)c2cc(-c3nc(Nc4ccc(C5CCN(C)CC5)c(C(F)(F)F)n4)ncc3F)cc(F)c2O1. The lowest BCUT2D eigenvalue weighted by Crippen LogP contribution is -2.42. The van der Waals surface area contributed by atoms with Crippen LogP contribution >= 0.6 is 0 Å². The number of benzene rings is 1. The summed E-state index contributed by atoms with van der Waals surface area (Å²) < 4.78 is 77.7. The zero-order valence-electron chi connectivity index (χ0n) is 22.7. The van der Waals surface area contributed by atoms with Crippen LogP contribution in [0, 0.1) is 11.6 Å². The summed E-state index contributed by atoms with van der Waals surface area (Å²) in [5.41, 5.74) is -0.404. The van der Waals surface area contributed by atoms with Crippen molar-refractivity contribution in [1.82, 2.24) is 19.9 Å². The molecule has 1 fully saturated rings. The van der Waals surface area contributed by atoms with E-state index >= 15 is 4.39 Å². The van der Waals surface area contributed by atoms with Crippen LogP contribution in [0.3, 0.4) is 0 Å². The number of halogens is 5. The molecule has 2 aliphatic rings. The number of alkyl halides is 3. The molecule has 5 rings (SSSR count). The van der Waals surface area contributed by atoms with Crippen LogP contribution in [0.2, 0.25) is 0 Å². The number of likely N-dealkylation sites (tertiary alicyclic amines) is 1. The first-order chi connectivity index (χ1) is 18.9. The first-order valence-corrected chi connectivity index (χ1v) is 13.2. The first kappa shape index (κ1) is 28.0. The molecule has 214 valence electrons. The van der Waals surface area contributed by atoms with Crippen molar-refractivity contribution >= 4 is 17.5 Å². The molecule has 1 N–H and O–H groups in total. The number of nitrogens with one attached hydrogen (secondary N) is 1. The lowest BCUT2D eigenvalue weighted by molar-refractivity contribution is -0.142. The second-order valence-corrected chi connectivity index (χ2v) is 10.7. The molecule has 1 unspecified atom stereocenters. The highest BCUT2D eigenvalue weighted by Gasteiger charge is 2.38. The molecule has 2 aliphatic heterocycles. The third-order valence-electron chi connectivity index (χ3n) is 7.34. The topological polar surface area (TPSA) is 66.4 Å². The van der Waals surface area contributed by atoms with Gasteiger partial charge in [0.2, 0.25) is 5.95 Å². The lowest BCUT2D eigenvalue weighted by atomic mass is 9.88. The lowest BCUT2D eigenvalue weighted by Gasteiger charge is -2.38. The maximum Gasteiger partial charge on any atom is 0.433 e. The van der Waals surface area contributed by atoms with Gasteiger partial charge < -0.3 is 19.9 Å². The molecule has 7 nitrogen and oxygen atoms in total. The summed E-state index contributed by atoms with van der Waals surface area (Å²) in [7, 11) is 1.94. The third-order valence-corrected chi connectivity index (χ3v) is 7.34. The molecule has 0 spiro atoms. The highest BCUT2D eigenvalue weighted by atomic mass is 19.4. The average molecular weight is 563 g/mol. The monoisotopic (exact) mass is 562 g/mol. The Balaban J connectivity index is 1.47. The minimum absolute atomic E-state index is 0.0265. The summed E-state index contributed by atoms with van der Waals surface area (Å²) in [6, 6.07) is 5.61. The molecule has 2 aromatic heterocycles. The molecule has 0 saturated carbocycles. The highest BCUT2D eigenvalue weighted by Crippen LogP contribution is 2.41. The predicted molar refractivity (Wildman–Crippen MR) is 142 cm³/mol. The van der Waals surface area contributed by atoms with Crippen LogP contribution in [-0.2, 0) is 6.18 Å². The largest absolute Gasteiger partial charge is 0.484 e. The zero-order valence-corrected chi connectivity index (χ0v) is 22.7. The van der Waals surface area contributed by atoms with Gasteiger partial charge in [0.1, 0.15) is 23.3 Å². The van der Waals surface area contributed by atoms with Gasteiger partial charge in [0.25, 0.3) is 0 Å². The summed E-state index contributed by atoms with van der Waals surface area (Å²) in [5.74, 6) is -1.96. The van der Waals surface area contributed by atoms with Gasteiger partial charge in [-0.2, -0.15) is 13.2 Å². The normalized spacial score (nSPS) is 18.6. The predicted octanol–water partition coefficient (Wildman–Crippen LogP) is 6.38. The van der Waals surface area contributed by atoms with Crippen LogP contribution < -0.4 is 15.0 Å². The van der Waals surface area contributed by atoms with E-state index in [4.69, 9.17) is 4.74 Å². The van der Waals surface area contributed by atoms with Gasteiger partial charge in [-0.25, -0.2) is 23.7 Å². The summed E-state index contributed by atoms with van der Waals surface area (Å²) in [5, 5.41) is 2.66. The van der Waals surface area contributed by atoms with E-state index in [0.717, 1.165) is 12.3 Å². The van der Waals surface area contributed by atoms with Crippen molar-refractivity contribution in [1.29, 1.82) is 0 Å². The maximum absolute atomic E-state index is 15.1. The first-order valence-electron chi connectivity index (χ1n) is 13.2. The number of ether oxygens (including phenoxy) is 1. The second kappa shape index (κ2) is 10.8. The average Bonchev–Trinajstić information content (AvgIpc) is 2.89. The van der Waals surface area contributed by atoms with E-state index in [1.54, 1.807) is 6.07 Å². The van der Waals surface area contributed by atoms with Gasteiger partial charge in [0.05, 0.1) is 18.4 Å². The summed E-state index contributed by atoms with van der Waals surface area (Å²) in [4.78, 5) is 16.0. The Morgan fingerprint density at radius 2 is 1.77 bits per heavy atom. The van der Waals surface area contributed by atoms with E-state index in [0.29, 0.717) is 38.2 Å². The molecule has 0 amide bonds. The second-order valence-electron chi connectivity index (χ2n) is 10.7. The Morgan fingerprint density at radius 3 is 2.45 bits per heavy atom. The fraction of sp³-hybridized carbons (Fsp3) is 0.464. The fourth-order valence-electron chi connectivity index (χ4n) is 5.31. The van der Waals surface area contributed by atoms with E-state index in [9.17, 15) is 17.6 Å². The number of hydrogen-bond acceptors (Lipinski definition) is 7. The minimum atomic E-state index is -4.66. The summed E-state index contributed by atoms with van der Waals surface area (Å²) >= 11 is 0. The zero-order chi connectivity index (χ0) is 28.8. The third kappa shape index (κ3) is 5.67. The number of piperidine rings is 1. The molecule has 0 radical (unpaired) electrons. The summed E-state index contributed by atoms with van der Waals surface area (Å²) in [6.45, 7) is 7.69. The molecule has 3 aromatic rings. The molecule has 1 aromatic carbocycles. The van der Waals surface area contributed by atoms with Crippen LogP contribution in [0.5, 0.6) is 5.75 Å². The molecule has 0 bridgehead atoms. The number of fused-ring (bicyclic) bond motifs is 1. The Hall–Kier alpha value is -3.54. The number of anilines is 3. The Morgan fingerprint density at radius 1 is 1.05 bits per heavy atom. The van der Waals surface area contributed by atoms with Crippen LogP contribution in [-0.4, -0.2) is 58.7 Å². The van der Waals surface area contributed by atoms with Crippen molar-refractivity contribution in [2.24, 2.45) is 0 Å². The molecule has 4 heterocycles. The molecule has 1 atom stereocenters. The van der Waals surface area contributed by atoms with Crippen molar-refractivity contribution in [3.63, 3.8) is 0 Å². The molecular formula is C28H31F5N6O. The van der Waals surface area contributed by atoms with Gasteiger partial charge in [-0.15, -0.1) is 0 Å². The van der Waals surface area contributed by atoms with Crippen LogP contribution in [0.25, 0.3) is 11.3 Å². The number of nitrogens with zero attached hydrogens (tertiary/aromatic N) is 5. The number of hydrogen-bond donors (Lipinski definition) is 1. The Kier molecular flexibility index (Phi) is 7.56. The van der Waals surface area contributed by atoms with Crippen LogP contribution in [0.4, 0.5) is 39.4 Å². The highest BCUT2D eigenvalue weighted by molar-refractivity contribution is 5.73. The molecule has 1 saturated heterocycles. The van der Waals surface area contributed by atoms with Crippen molar-refractivity contribution in [3.05, 3.63) is 53.4 Å². The van der Waals surface area contributed by atoms with E-state index in [1.165, 1.54) is 12.1 Å². The van der Waals surface area contributed by atoms with E-state index in [-0.39, 0.29) is 52.4 Å². The van der Waals surface area contributed by atoms with E-state index < -0.39 is 23.5 Å². The van der Waals surface area contributed by atoms with Crippen LogP contribution in [0.15, 0.2) is 30.5 Å². The molecule has 12 heteroatoms. The van der Waals surface area contributed by atoms with E-state index in [2.05, 4.69) is 25.2 Å². The number of aromatic nitrogens is 3. The van der Waals surface area contributed by atoms with Gasteiger partial charge in [0.15, 0.2) is 17.4 Å². The van der Waals surface area contributed by atoms with Crippen molar-refractivity contribution in [3.8, 4) is 17.0 Å². The molecule has 40 heavy (non-hydrogen) atoms. The van der Waals surface area contributed by atoms with Gasteiger partial charge in [-0.1, -0.05) is 6.07 Å². The quantitative estimate of drug-likeness (QED) is 0.362. The maximum atomic E-state index is 15.1. The van der Waals surface area contributed by atoms with Gasteiger partial charge in [0, 0.05) is 11.6 Å². The van der Waals surface area contributed by atoms with Gasteiger partial charge in [-0.05, 0) is 83.4 Å². The standard InChI is InChI=1S/C28H31F5N6O/c1-15(2)39-14-16(3)40-25-20(29)11-18(12-22(25)39)24-21(30)13-34-27(37-24)36-23-6-5-19(26(35-23)28(31,32)33)17-7-9-38(4)10-8-17/h5-6,11-13,15-17H,7-10,14H2,1-4H3,(H,34,35,36,37). The fourth-order valence-corrected chi connectivity index (χ4v) is 5.31. The summed E-state index contributed by atoms with van der Waals surface area (Å²) in [6.07, 6.45) is -2.80. The molecule has 0 aliphatic carbocycles. The Bertz CT molecular complexity index is 1390. The van der Waals surface area contributed by atoms with Crippen LogP contribution in [0.1, 0.15) is 50.8 Å². The minimum Gasteiger partial charge on any atom is -0.484 e. The Labute approximate surface area is 229 Å². The number of rotatable bonds is 5. The van der Waals surface area contributed by atoms with Crippen molar-refractivity contribution in [2.45, 2.75) is 57.9 Å². The van der Waals surface area contributed by atoms with Gasteiger partial charge >= 0.3 is 6.18 Å². The number of pyridine rings is 1. The van der Waals surface area contributed by atoms with Gasteiger partial charge in [-0.3, -0.25) is 0 Å². The van der Waals surface area contributed by atoms with Crippen molar-refractivity contribution in [2.75, 3.05) is 36.9 Å².